The largest absolute Gasteiger partial charge is 0.384 e. The van der Waals surface area contributed by atoms with Gasteiger partial charge < -0.3 is 10.4 Å². The van der Waals surface area contributed by atoms with E-state index in [0.29, 0.717) is 17.0 Å². The van der Waals surface area contributed by atoms with Gasteiger partial charge in [-0.2, -0.15) is 5.10 Å². The molecular formula is C15H14FN3O2. The van der Waals surface area contributed by atoms with Gasteiger partial charge in [0.15, 0.2) is 0 Å². The highest BCUT2D eigenvalue weighted by atomic mass is 19.1. The third-order valence-electron chi connectivity index (χ3n) is 2.76. The molecule has 0 spiro atoms. The summed E-state index contributed by atoms with van der Waals surface area (Å²) in [5, 5.41) is 15.1. The van der Waals surface area contributed by atoms with Crippen molar-refractivity contribution in [3.8, 4) is 11.8 Å². The Labute approximate surface area is 121 Å². The quantitative estimate of drug-likeness (QED) is 0.822. The highest BCUT2D eigenvalue weighted by molar-refractivity contribution is 6.03. The van der Waals surface area contributed by atoms with Crippen molar-refractivity contribution in [2.24, 2.45) is 7.05 Å². The van der Waals surface area contributed by atoms with Crippen LogP contribution in [0.3, 0.4) is 0 Å². The second-order valence-electron chi connectivity index (χ2n) is 4.40. The molecule has 1 aromatic heterocycles. The second kappa shape index (κ2) is 6.20. The van der Waals surface area contributed by atoms with Crippen LogP contribution in [0.5, 0.6) is 0 Å². The zero-order chi connectivity index (χ0) is 15.4. The molecule has 0 unspecified atom stereocenters. The van der Waals surface area contributed by atoms with Gasteiger partial charge in [-0.15, -0.1) is 0 Å². The molecule has 1 heterocycles. The van der Waals surface area contributed by atoms with E-state index in [1.165, 1.54) is 16.8 Å². The number of aryl methyl sites for hydroxylation is 2. The number of rotatable bonds is 2. The van der Waals surface area contributed by atoms with E-state index >= 15 is 0 Å². The molecule has 0 aliphatic carbocycles. The fourth-order valence-corrected chi connectivity index (χ4v) is 1.85. The van der Waals surface area contributed by atoms with Gasteiger partial charge in [-0.25, -0.2) is 4.39 Å². The van der Waals surface area contributed by atoms with E-state index in [9.17, 15) is 9.18 Å². The van der Waals surface area contributed by atoms with Crippen molar-refractivity contribution in [3.05, 3.63) is 47.0 Å². The topological polar surface area (TPSA) is 67.2 Å². The van der Waals surface area contributed by atoms with Crippen LogP contribution >= 0.6 is 0 Å². The lowest BCUT2D eigenvalue weighted by Gasteiger charge is -2.06. The van der Waals surface area contributed by atoms with E-state index in [4.69, 9.17) is 5.11 Å². The molecule has 0 fully saturated rings. The number of hydrogen-bond donors (Lipinski definition) is 2. The maximum absolute atomic E-state index is 13.9. The van der Waals surface area contributed by atoms with Gasteiger partial charge in [0.1, 0.15) is 18.1 Å². The number of anilines is 1. The number of benzene rings is 1. The summed E-state index contributed by atoms with van der Waals surface area (Å²) in [5.74, 6) is 3.99. The Morgan fingerprint density at radius 3 is 2.81 bits per heavy atom. The summed E-state index contributed by atoms with van der Waals surface area (Å²) in [4.78, 5) is 12.1. The molecule has 0 aliphatic heterocycles. The van der Waals surface area contributed by atoms with Gasteiger partial charge in [0.25, 0.3) is 5.91 Å². The van der Waals surface area contributed by atoms with Crippen molar-refractivity contribution >= 4 is 11.6 Å². The standard InChI is InChI=1S/C15H14FN3O2/c1-10-8-14(19(2)18-10)15(21)17-13-6-5-11(4-3-7-20)9-12(13)16/h5-6,8-9,20H,7H2,1-2H3,(H,17,21). The molecule has 21 heavy (non-hydrogen) atoms. The summed E-state index contributed by atoms with van der Waals surface area (Å²) in [6.45, 7) is 1.48. The number of hydrogen-bond acceptors (Lipinski definition) is 3. The van der Waals surface area contributed by atoms with Crippen molar-refractivity contribution in [2.45, 2.75) is 6.92 Å². The first-order valence-electron chi connectivity index (χ1n) is 6.22. The lowest BCUT2D eigenvalue weighted by molar-refractivity contribution is 0.101. The van der Waals surface area contributed by atoms with Crippen LogP contribution in [0, 0.1) is 24.6 Å². The monoisotopic (exact) mass is 287 g/mol. The minimum Gasteiger partial charge on any atom is -0.384 e. The normalized spacial score (nSPS) is 9.90. The highest BCUT2D eigenvalue weighted by Gasteiger charge is 2.14. The molecule has 0 saturated heterocycles. The molecule has 1 aromatic carbocycles. The van der Waals surface area contributed by atoms with Crippen LogP contribution < -0.4 is 5.32 Å². The Hall–Kier alpha value is -2.65. The molecule has 0 bridgehead atoms. The fourth-order valence-electron chi connectivity index (χ4n) is 1.85. The lowest BCUT2D eigenvalue weighted by atomic mass is 10.2. The molecule has 108 valence electrons. The predicted molar refractivity (Wildman–Crippen MR) is 76.3 cm³/mol. The van der Waals surface area contributed by atoms with E-state index in [0.717, 1.165) is 0 Å². The van der Waals surface area contributed by atoms with E-state index in [-0.39, 0.29) is 12.3 Å². The maximum Gasteiger partial charge on any atom is 0.274 e. The maximum atomic E-state index is 13.9. The molecule has 2 aromatic rings. The number of amides is 1. The Balaban J connectivity index is 2.20. The third-order valence-corrected chi connectivity index (χ3v) is 2.76. The fraction of sp³-hybridized carbons (Fsp3) is 0.200. The van der Waals surface area contributed by atoms with Crippen LogP contribution in [-0.2, 0) is 7.05 Å². The smallest absolute Gasteiger partial charge is 0.274 e. The van der Waals surface area contributed by atoms with Crippen LogP contribution in [0.2, 0.25) is 0 Å². The predicted octanol–water partition coefficient (Wildman–Crippen LogP) is 1.46. The SMILES string of the molecule is Cc1cc(C(=O)Nc2ccc(C#CCO)cc2F)n(C)n1. The van der Waals surface area contributed by atoms with Crippen LogP contribution in [0.1, 0.15) is 21.7 Å². The summed E-state index contributed by atoms with van der Waals surface area (Å²) in [6.07, 6.45) is 0. The molecule has 0 atom stereocenters. The van der Waals surface area contributed by atoms with Crippen LogP contribution in [0.25, 0.3) is 0 Å². The summed E-state index contributed by atoms with van der Waals surface area (Å²) < 4.78 is 15.3. The van der Waals surface area contributed by atoms with E-state index in [1.807, 2.05) is 0 Å². The zero-order valence-corrected chi connectivity index (χ0v) is 11.6. The molecule has 1 amide bonds. The van der Waals surface area contributed by atoms with E-state index < -0.39 is 11.7 Å². The Morgan fingerprint density at radius 2 is 2.24 bits per heavy atom. The van der Waals surface area contributed by atoms with Gasteiger partial charge >= 0.3 is 0 Å². The number of nitrogens with zero attached hydrogens (tertiary/aromatic N) is 2. The minimum absolute atomic E-state index is 0.0633. The summed E-state index contributed by atoms with van der Waals surface area (Å²) >= 11 is 0. The highest BCUT2D eigenvalue weighted by Crippen LogP contribution is 2.16. The van der Waals surface area contributed by atoms with E-state index in [1.54, 1.807) is 26.1 Å². The third kappa shape index (κ3) is 3.46. The van der Waals surface area contributed by atoms with Crippen molar-refractivity contribution in [2.75, 3.05) is 11.9 Å². The van der Waals surface area contributed by atoms with Crippen LogP contribution in [0.15, 0.2) is 24.3 Å². The van der Waals surface area contributed by atoms with Gasteiger partial charge in [-0.1, -0.05) is 11.8 Å². The molecule has 0 aliphatic rings. The first-order valence-corrected chi connectivity index (χ1v) is 6.22. The lowest BCUT2D eigenvalue weighted by Crippen LogP contribution is -2.16. The summed E-state index contributed by atoms with van der Waals surface area (Å²) in [5.41, 5.74) is 1.54. The van der Waals surface area contributed by atoms with Crippen molar-refractivity contribution in [1.82, 2.24) is 9.78 Å². The molecule has 5 nitrogen and oxygen atoms in total. The summed E-state index contributed by atoms with van der Waals surface area (Å²) in [7, 11) is 1.64. The van der Waals surface area contributed by atoms with Gasteiger partial charge in [0.2, 0.25) is 0 Å². The molecule has 2 N–H and O–H groups in total. The van der Waals surface area contributed by atoms with Crippen LogP contribution in [-0.4, -0.2) is 27.4 Å². The van der Waals surface area contributed by atoms with Gasteiger partial charge in [0, 0.05) is 12.6 Å². The Bertz CT molecular complexity index is 741. The molecule has 2 rings (SSSR count). The number of carbonyl (C=O) groups excluding carboxylic acids is 1. The average Bonchev–Trinajstić information content (AvgIpc) is 2.78. The average molecular weight is 287 g/mol. The zero-order valence-electron chi connectivity index (χ0n) is 11.6. The second-order valence-corrected chi connectivity index (χ2v) is 4.40. The van der Waals surface area contributed by atoms with Crippen molar-refractivity contribution in [1.29, 1.82) is 0 Å². The molecule has 6 heteroatoms. The number of aromatic nitrogens is 2. The minimum atomic E-state index is -0.591. The molecule has 0 saturated carbocycles. The van der Waals surface area contributed by atoms with Gasteiger partial charge in [0.05, 0.1) is 11.4 Å². The van der Waals surface area contributed by atoms with Crippen molar-refractivity contribution < 1.29 is 14.3 Å². The number of halogens is 1. The Morgan fingerprint density at radius 1 is 1.48 bits per heavy atom. The Kier molecular flexibility index (Phi) is 4.36. The number of aliphatic hydroxyl groups excluding tert-OH is 1. The van der Waals surface area contributed by atoms with Gasteiger partial charge in [-0.05, 0) is 31.2 Å². The van der Waals surface area contributed by atoms with Crippen molar-refractivity contribution in [3.63, 3.8) is 0 Å². The van der Waals surface area contributed by atoms with Gasteiger partial charge in [-0.3, -0.25) is 9.48 Å². The molecule has 0 radical (unpaired) electrons. The van der Waals surface area contributed by atoms with E-state index in [2.05, 4.69) is 22.3 Å². The first-order chi connectivity index (χ1) is 10.0. The number of carbonyl (C=O) groups is 1. The number of aliphatic hydroxyl groups is 1. The number of nitrogens with one attached hydrogen (secondary N) is 1. The van der Waals surface area contributed by atoms with Crippen LogP contribution in [0.4, 0.5) is 10.1 Å². The summed E-state index contributed by atoms with van der Waals surface area (Å²) in [6, 6.07) is 5.81. The molecular weight excluding hydrogens is 273 g/mol. The first kappa shape index (κ1) is 14.8.